The summed E-state index contributed by atoms with van der Waals surface area (Å²) in [7, 11) is 1.78. The molecule has 0 aliphatic rings. The first-order valence-electron chi connectivity index (χ1n) is 4.25. The molecular formula is C10H13F2N. The third-order valence-corrected chi connectivity index (χ3v) is 2.00. The molecule has 1 nitrogen and oxygen atoms in total. The number of nitrogens with one attached hydrogen (secondary N) is 1. The van der Waals surface area contributed by atoms with Crippen LogP contribution in [0.15, 0.2) is 12.1 Å². The topological polar surface area (TPSA) is 12.0 Å². The average Bonchev–Trinajstić information content (AvgIpc) is 2.13. The molecule has 0 bridgehead atoms. The zero-order valence-corrected chi connectivity index (χ0v) is 7.82. The molecule has 0 spiro atoms. The highest BCUT2D eigenvalue weighted by atomic mass is 19.2. The first-order valence-corrected chi connectivity index (χ1v) is 4.25. The summed E-state index contributed by atoms with van der Waals surface area (Å²) in [6.45, 7) is 2.21. The second-order valence-electron chi connectivity index (χ2n) is 3.02. The molecular weight excluding hydrogens is 172 g/mol. The molecule has 0 saturated carbocycles. The molecule has 1 aromatic carbocycles. The number of aryl methyl sites for hydroxylation is 1. The fourth-order valence-electron chi connectivity index (χ4n) is 1.14. The van der Waals surface area contributed by atoms with E-state index in [0.717, 1.165) is 0 Å². The molecule has 0 unspecified atom stereocenters. The summed E-state index contributed by atoms with van der Waals surface area (Å²) in [6, 6.07) is 3.23. The van der Waals surface area contributed by atoms with Crippen molar-refractivity contribution in [3.63, 3.8) is 0 Å². The van der Waals surface area contributed by atoms with Crippen LogP contribution in [0.4, 0.5) is 8.78 Å². The Labute approximate surface area is 76.8 Å². The zero-order chi connectivity index (χ0) is 9.84. The number of likely N-dealkylation sites (N-methyl/N-ethyl adjacent to an activating group) is 1. The van der Waals surface area contributed by atoms with Crippen LogP contribution >= 0.6 is 0 Å². The van der Waals surface area contributed by atoms with Crippen molar-refractivity contribution in [2.75, 3.05) is 13.6 Å². The van der Waals surface area contributed by atoms with Crippen molar-refractivity contribution < 1.29 is 8.78 Å². The van der Waals surface area contributed by atoms with Crippen molar-refractivity contribution >= 4 is 0 Å². The standard InChI is InChI=1S/C10H13F2N/c1-7-3-4-8(5-6-13-2)10(12)9(7)11/h3-4,13H,5-6H2,1-2H3. The van der Waals surface area contributed by atoms with Gasteiger partial charge in [-0.05, 0) is 38.1 Å². The Kier molecular flexibility index (Phi) is 3.37. The van der Waals surface area contributed by atoms with Crippen molar-refractivity contribution in [2.24, 2.45) is 0 Å². The summed E-state index contributed by atoms with van der Waals surface area (Å²) in [5, 5.41) is 2.89. The van der Waals surface area contributed by atoms with Crippen LogP contribution in [0.5, 0.6) is 0 Å². The molecule has 0 radical (unpaired) electrons. The lowest BCUT2D eigenvalue weighted by Gasteiger charge is -2.05. The first-order chi connectivity index (χ1) is 6.16. The molecule has 0 saturated heterocycles. The van der Waals surface area contributed by atoms with Crippen LogP contribution in [0.1, 0.15) is 11.1 Å². The third-order valence-electron chi connectivity index (χ3n) is 2.00. The quantitative estimate of drug-likeness (QED) is 0.759. The van der Waals surface area contributed by atoms with Crippen molar-refractivity contribution in [1.29, 1.82) is 0 Å². The molecule has 0 amide bonds. The summed E-state index contributed by atoms with van der Waals surface area (Å²) < 4.78 is 26.2. The molecule has 13 heavy (non-hydrogen) atoms. The lowest BCUT2D eigenvalue weighted by Crippen LogP contribution is -2.11. The van der Waals surface area contributed by atoms with Crippen molar-refractivity contribution in [3.8, 4) is 0 Å². The molecule has 1 aromatic rings. The Balaban J connectivity index is 2.90. The van der Waals surface area contributed by atoms with E-state index in [0.29, 0.717) is 24.1 Å². The van der Waals surface area contributed by atoms with E-state index in [1.54, 1.807) is 26.1 Å². The molecule has 3 heteroatoms. The van der Waals surface area contributed by atoms with Gasteiger partial charge in [-0.3, -0.25) is 0 Å². The van der Waals surface area contributed by atoms with E-state index in [9.17, 15) is 8.78 Å². The van der Waals surface area contributed by atoms with Crippen LogP contribution in [0.2, 0.25) is 0 Å². The summed E-state index contributed by atoms with van der Waals surface area (Å²) in [5.74, 6) is -1.44. The van der Waals surface area contributed by atoms with Crippen LogP contribution < -0.4 is 5.32 Å². The largest absolute Gasteiger partial charge is 0.319 e. The number of hydrogen-bond donors (Lipinski definition) is 1. The van der Waals surface area contributed by atoms with Gasteiger partial charge in [0.15, 0.2) is 11.6 Å². The maximum absolute atomic E-state index is 13.2. The zero-order valence-electron chi connectivity index (χ0n) is 7.82. The van der Waals surface area contributed by atoms with Gasteiger partial charge in [-0.15, -0.1) is 0 Å². The van der Waals surface area contributed by atoms with Gasteiger partial charge < -0.3 is 5.32 Å². The Morgan fingerprint density at radius 3 is 2.54 bits per heavy atom. The molecule has 0 aliphatic carbocycles. The normalized spacial score (nSPS) is 10.5. The second-order valence-corrected chi connectivity index (χ2v) is 3.02. The minimum absolute atomic E-state index is 0.353. The Morgan fingerprint density at radius 1 is 1.23 bits per heavy atom. The fourth-order valence-corrected chi connectivity index (χ4v) is 1.14. The minimum atomic E-state index is -0.728. The fraction of sp³-hybridized carbons (Fsp3) is 0.400. The summed E-state index contributed by atoms with van der Waals surface area (Å²) in [5.41, 5.74) is 0.781. The Morgan fingerprint density at radius 2 is 1.92 bits per heavy atom. The molecule has 0 aliphatic heterocycles. The number of hydrogen-bond acceptors (Lipinski definition) is 1. The van der Waals surface area contributed by atoms with Crippen molar-refractivity contribution in [3.05, 3.63) is 34.9 Å². The Bertz CT molecular complexity index is 297. The lowest BCUT2D eigenvalue weighted by molar-refractivity contribution is 0.492. The predicted molar refractivity (Wildman–Crippen MR) is 48.7 cm³/mol. The number of halogens is 2. The van der Waals surface area contributed by atoms with Crippen LogP contribution in [-0.4, -0.2) is 13.6 Å². The molecule has 0 heterocycles. The molecule has 0 aromatic heterocycles. The summed E-state index contributed by atoms with van der Waals surface area (Å²) in [6.07, 6.45) is 0.513. The van der Waals surface area contributed by atoms with Crippen LogP contribution in [0.25, 0.3) is 0 Å². The molecule has 0 atom stereocenters. The predicted octanol–water partition coefficient (Wildman–Crippen LogP) is 2.04. The summed E-state index contributed by atoms with van der Waals surface area (Å²) >= 11 is 0. The maximum Gasteiger partial charge on any atom is 0.162 e. The molecule has 72 valence electrons. The average molecular weight is 185 g/mol. The number of benzene rings is 1. The van der Waals surface area contributed by atoms with E-state index in [1.807, 2.05) is 0 Å². The van der Waals surface area contributed by atoms with Gasteiger partial charge in [0.1, 0.15) is 0 Å². The second kappa shape index (κ2) is 4.33. The first kappa shape index (κ1) is 10.1. The molecule has 1 rings (SSSR count). The van der Waals surface area contributed by atoms with Crippen LogP contribution in [0, 0.1) is 18.6 Å². The Hall–Kier alpha value is -0.960. The monoisotopic (exact) mass is 185 g/mol. The van der Waals surface area contributed by atoms with Gasteiger partial charge in [0.05, 0.1) is 0 Å². The summed E-state index contributed by atoms with van der Waals surface area (Å²) in [4.78, 5) is 0. The van der Waals surface area contributed by atoms with Gasteiger partial charge in [0.2, 0.25) is 0 Å². The van der Waals surface area contributed by atoms with E-state index in [1.165, 1.54) is 0 Å². The highest BCUT2D eigenvalue weighted by molar-refractivity contribution is 5.25. The lowest BCUT2D eigenvalue weighted by atomic mass is 10.1. The van der Waals surface area contributed by atoms with E-state index in [2.05, 4.69) is 5.32 Å². The van der Waals surface area contributed by atoms with Crippen molar-refractivity contribution in [1.82, 2.24) is 5.32 Å². The van der Waals surface area contributed by atoms with E-state index >= 15 is 0 Å². The van der Waals surface area contributed by atoms with E-state index in [-0.39, 0.29) is 0 Å². The number of rotatable bonds is 3. The smallest absolute Gasteiger partial charge is 0.162 e. The van der Waals surface area contributed by atoms with Gasteiger partial charge in [-0.25, -0.2) is 8.78 Å². The van der Waals surface area contributed by atoms with Gasteiger partial charge >= 0.3 is 0 Å². The molecule has 1 N–H and O–H groups in total. The van der Waals surface area contributed by atoms with E-state index in [4.69, 9.17) is 0 Å². The maximum atomic E-state index is 13.2. The van der Waals surface area contributed by atoms with Gasteiger partial charge in [-0.1, -0.05) is 12.1 Å². The van der Waals surface area contributed by atoms with E-state index < -0.39 is 11.6 Å². The third kappa shape index (κ3) is 2.25. The van der Waals surface area contributed by atoms with Gasteiger partial charge in [0.25, 0.3) is 0 Å². The molecule has 0 fully saturated rings. The highest BCUT2D eigenvalue weighted by Gasteiger charge is 2.09. The van der Waals surface area contributed by atoms with Crippen LogP contribution in [0.3, 0.4) is 0 Å². The van der Waals surface area contributed by atoms with Crippen molar-refractivity contribution in [2.45, 2.75) is 13.3 Å². The van der Waals surface area contributed by atoms with Gasteiger partial charge in [0, 0.05) is 0 Å². The minimum Gasteiger partial charge on any atom is -0.319 e. The van der Waals surface area contributed by atoms with Crippen LogP contribution in [-0.2, 0) is 6.42 Å². The van der Waals surface area contributed by atoms with Gasteiger partial charge in [-0.2, -0.15) is 0 Å². The SMILES string of the molecule is CNCCc1ccc(C)c(F)c1F. The highest BCUT2D eigenvalue weighted by Crippen LogP contribution is 2.15.